The van der Waals surface area contributed by atoms with Crippen molar-refractivity contribution in [3.8, 4) is 5.75 Å². The molecule has 1 amide bonds. The Balaban J connectivity index is 1.57. The van der Waals surface area contributed by atoms with Crippen LogP contribution in [0.1, 0.15) is 63.4 Å². The monoisotopic (exact) mass is 521 g/mol. The molecule has 0 bridgehead atoms. The summed E-state index contributed by atoms with van der Waals surface area (Å²) in [6, 6.07) is 0.596. The molecule has 1 atom stereocenters. The van der Waals surface area contributed by atoms with Gasteiger partial charge in [0.25, 0.3) is 0 Å². The Morgan fingerprint density at radius 3 is 2.59 bits per heavy atom. The van der Waals surface area contributed by atoms with Crippen LogP contribution in [-0.2, 0) is 9.47 Å². The molecule has 1 N–H and O–H groups in total. The topological polar surface area (TPSA) is 99.1 Å². The van der Waals surface area contributed by atoms with Gasteiger partial charge in [0.15, 0.2) is 11.6 Å². The minimum atomic E-state index is -1.24. The van der Waals surface area contributed by atoms with Crippen molar-refractivity contribution in [2.45, 2.75) is 64.6 Å². The fraction of sp³-hybridized carbons (Fsp3) is 0.577. The Morgan fingerprint density at radius 2 is 1.95 bits per heavy atom. The van der Waals surface area contributed by atoms with Crippen molar-refractivity contribution in [1.82, 2.24) is 14.8 Å². The molecular weight excluding hydrogens is 488 g/mol. The van der Waals surface area contributed by atoms with Gasteiger partial charge in [-0.05, 0) is 53.0 Å². The summed E-state index contributed by atoms with van der Waals surface area (Å²) >= 11 is 0. The molecule has 1 saturated carbocycles. The van der Waals surface area contributed by atoms with E-state index >= 15 is 4.39 Å². The number of aromatic nitrogens is 1. The molecule has 2 heterocycles. The predicted molar refractivity (Wildman–Crippen MR) is 132 cm³/mol. The predicted octanol–water partition coefficient (Wildman–Crippen LogP) is 3.77. The van der Waals surface area contributed by atoms with Gasteiger partial charge in [-0.3, -0.25) is 4.79 Å². The van der Waals surface area contributed by atoms with E-state index in [0.717, 1.165) is 18.9 Å². The highest BCUT2D eigenvalue weighted by Crippen LogP contribution is 2.40. The van der Waals surface area contributed by atoms with Crippen molar-refractivity contribution in [2.24, 2.45) is 0 Å². The first kappa shape index (κ1) is 26.8. The quantitative estimate of drug-likeness (QED) is 0.554. The average Bonchev–Trinajstić information content (AvgIpc) is 3.67. The molecule has 9 nitrogen and oxygen atoms in total. The number of esters is 1. The van der Waals surface area contributed by atoms with Gasteiger partial charge < -0.3 is 29.0 Å². The number of piperazine rings is 1. The van der Waals surface area contributed by atoms with Crippen molar-refractivity contribution >= 4 is 23.0 Å². The lowest BCUT2D eigenvalue weighted by atomic mass is 10.1. The second-order valence-electron chi connectivity index (χ2n) is 10.3. The molecule has 0 spiro atoms. The van der Waals surface area contributed by atoms with Gasteiger partial charge in [0, 0.05) is 37.9 Å². The van der Waals surface area contributed by atoms with E-state index in [0.29, 0.717) is 26.1 Å². The zero-order valence-corrected chi connectivity index (χ0v) is 21.6. The lowest BCUT2D eigenvalue weighted by Gasteiger charge is -2.34. The van der Waals surface area contributed by atoms with Crippen LogP contribution >= 0.6 is 0 Å². The molecule has 1 aliphatic carbocycles. The minimum absolute atomic E-state index is 0.00772. The third kappa shape index (κ3) is 6.03. The number of amides is 1. The number of carbonyl (C=O) groups excluding carboxylic acids is 2. The van der Waals surface area contributed by atoms with Gasteiger partial charge in [-0.1, -0.05) is 0 Å². The normalized spacial score (nSPS) is 18.1. The summed E-state index contributed by atoms with van der Waals surface area (Å²) in [7, 11) is 0. The van der Waals surface area contributed by atoms with Crippen molar-refractivity contribution < 1.29 is 32.6 Å². The number of benzene rings is 1. The van der Waals surface area contributed by atoms with Gasteiger partial charge in [0.1, 0.15) is 11.2 Å². The van der Waals surface area contributed by atoms with Gasteiger partial charge in [-0.15, -0.1) is 0 Å². The molecule has 0 radical (unpaired) electrons. The number of carbonyl (C=O) groups is 2. The van der Waals surface area contributed by atoms with Gasteiger partial charge in [-0.25, -0.2) is 14.0 Å². The molecule has 11 heteroatoms. The lowest BCUT2D eigenvalue weighted by Crippen LogP contribution is -2.53. The average molecular weight is 522 g/mol. The van der Waals surface area contributed by atoms with E-state index in [1.165, 1.54) is 6.20 Å². The standard InChI is InChI=1S/C26H33F2N3O6/c1-5-35-24(33)18-14-31(16-6-7-16)21-17(22(18)32)12-19(27)20(28)23(21)36-11-8-15-13-30(10-9-29-15)25(34)37-26(2,3)4/h12,14-16,29H,5-11,13H2,1-4H3. The van der Waals surface area contributed by atoms with E-state index in [2.05, 4.69) is 5.32 Å². The van der Waals surface area contributed by atoms with Crippen molar-refractivity contribution in [1.29, 1.82) is 0 Å². The van der Waals surface area contributed by atoms with E-state index in [-0.39, 0.29) is 47.5 Å². The van der Waals surface area contributed by atoms with Gasteiger partial charge in [-0.2, -0.15) is 4.39 Å². The number of ether oxygens (including phenoxy) is 3. The second kappa shape index (κ2) is 10.6. The molecule has 202 valence electrons. The van der Waals surface area contributed by atoms with E-state index in [1.807, 2.05) is 0 Å². The Kier molecular flexibility index (Phi) is 7.72. The molecule has 2 aliphatic rings. The highest BCUT2D eigenvalue weighted by molar-refractivity contribution is 5.95. The van der Waals surface area contributed by atoms with Crippen LogP contribution < -0.4 is 15.5 Å². The second-order valence-corrected chi connectivity index (χ2v) is 10.3. The first-order valence-electron chi connectivity index (χ1n) is 12.6. The summed E-state index contributed by atoms with van der Waals surface area (Å²) in [5.74, 6) is -3.62. The Hall–Kier alpha value is -3.21. The molecule has 1 unspecified atom stereocenters. The van der Waals surface area contributed by atoms with Crippen LogP contribution in [-0.4, -0.2) is 66.0 Å². The number of fused-ring (bicyclic) bond motifs is 1. The van der Waals surface area contributed by atoms with Crippen LogP contribution in [0.2, 0.25) is 0 Å². The maximum Gasteiger partial charge on any atom is 0.410 e. The third-order valence-corrected chi connectivity index (χ3v) is 6.22. The molecule has 2 aromatic rings. The smallest absolute Gasteiger partial charge is 0.410 e. The van der Waals surface area contributed by atoms with Crippen LogP contribution in [0.4, 0.5) is 13.6 Å². The molecule has 4 rings (SSSR count). The molecule has 1 aromatic heterocycles. The number of hydrogen-bond donors (Lipinski definition) is 1. The first-order chi connectivity index (χ1) is 17.5. The SMILES string of the molecule is CCOC(=O)c1cn(C2CC2)c2c(OCCC3CN(C(=O)OC(C)(C)C)CCN3)c(F)c(F)cc2c1=O. The summed E-state index contributed by atoms with van der Waals surface area (Å²) < 4.78 is 47.4. The number of hydrogen-bond acceptors (Lipinski definition) is 7. The van der Waals surface area contributed by atoms with Gasteiger partial charge in [0.2, 0.25) is 11.2 Å². The van der Waals surface area contributed by atoms with E-state index in [1.54, 1.807) is 37.2 Å². The highest BCUT2D eigenvalue weighted by Gasteiger charge is 2.31. The molecule has 2 fully saturated rings. The number of nitrogens with one attached hydrogen (secondary N) is 1. The van der Waals surface area contributed by atoms with Crippen LogP contribution in [0.3, 0.4) is 0 Å². The summed E-state index contributed by atoms with van der Waals surface area (Å²) in [5.41, 5.74) is -1.46. The Labute approximate surface area is 213 Å². The largest absolute Gasteiger partial charge is 0.488 e. The first-order valence-corrected chi connectivity index (χ1v) is 12.6. The number of halogens is 2. The molecule has 37 heavy (non-hydrogen) atoms. The Bertz CT molecular complexity index is 1250. The minimum Gasteiger partial charge on any atom is -0.488 e. The maximum atomic E-state index is 15.0. The summed E-state index contributed by atoms with van der Waals surface area (Å²) in [6.45, 7) is 8.52. The highest BCUT2D eigenvalue weighted by atomic mass is 19.2. The van der Waals surface area contributed by atoms with Crippen molar-refractivity contribution in [2.75, 3.05) is 32.8 Å². The van der Waals surface area contributed by atoms with E-state index in [9.17, 15) is 18.8 Å². The van der Waals surface area contributed by atoms with Crippen LogP contribution in [0.15, 0.2) is 17.1 Å². The van der Waals surface area contributed by atoms with Crippen LogP contribution in [0.25, 0.3) is 10.9 Å². The van der Waals surface area contributed by atoms with Gasteiger partial charge >= 0.3 is 12.1 Å². The molecule has 1 saturated heterocycles. The molecular formula is C26H33F2N3O6. The number of nitrogens with zero attached hydrogens (tertiary/aromatic N) is 2. The number of rotatable bonds is 7. The van der Waals surface area contributed by atoms with Crippen molar-refractivity contribution in [3.05, 3.63) is 39.7 Å². The zero-order valence-electron chi connectivity index (χ0n) is 21.6. The number of pyridine rings is 1. The molecule has 1 aliphatic heterocycles. The fourth-order valence-corrected chi connectivity index (χ4v) is 4.37. The van der Waals surface area contributed by atoms with E-state index in [4.69, 9.17) is 14.2 Å². The summed E-state index contributed by atoms with van der Waals surface area (Å²) in [5, 5.41) is 3.15. The Morgan fingerprint density at radius 1 is 1.22 bits per heavy atom. The zero-order chi connectivity index (χ0) is 26.9. The maximum absolute atomic E-state index is 15.0. The van der Waals surface area contributed by atoms with Gasteiger partial charge in [0.05, 0.1) is 24.1 Å². The third-order valence-electron chi connectivity index (χ3n) is 6.22. The fourth-order valence-electron chi connectivity index (χ4n) is 4.37. The summed E-state index contributed by atoms with van der Waals surface area (Å²) in [6.07, 6.45) is 2.88. The van der Waals surface area contributed by atoms with Crippen LogP contribution in [0, 0.1) is 11.6 Å². The lowest BCUT2D eigenvalue weighted by molar-refractivity contribution is 0.0187. The molecule has 1 aromatic carbocycles. The van der Waals surface area contributed by atoms with Crippen molar-refractivity contribution in [3.63, 3.8) is 0 Å². The van der Waals surface area contributed by atoms with E-state index < -0.39 is 34.7 Å². The summed E-state index contributed by atoms with van der Waals surface area (Å²) in [4.78, 5) is 39.4. The van der Waals surface area contributed by atoms with Crippen LogP contribution in [0.5, 0.6) is 5.75 Å².